The van der Waals surface area contributed by atoms with Gasteiger partial charge < -0.3 is 13.7 Å². The maximum absolute atomic E-state index is 10.0. The molecular weight excluding hydrogens is 336 g/mol. The van der Waals surface area contributed by atoms with Crippen molar-refractivity contribution < 1.29 is 18.3 Å². The second-order valence-electron chi connectivity index (χ2n) is 7.72. The number of aromatic nitrogens is 2. The lowest BCUT2D eigenvalue weighted by Gasteiger charge is -2.26. The molecule has 0 bridgehead atoms. The Balaban J connectivity index is 2.22. The molecular formula is C17H37N2O3Si2+. The first kappa shape index (κ1) is 21.6. The first-order valence-electron chi connectivity index (χ1n) is 9.41. The van der Waals surface area contributed by atoms with Crippen LogP contribution in [0.3, 0.4) is 0 Å². The van der Waals surface area contributed by atoms with Crippen LogP contribution >= 0.6 is 0 Å². The van der Waals surface area contributed by atoms with Gasteiger partial charge in [0.1, 0.15) is 12.4 Å². The summed E-state index contributed by atoms with van der Waals surface area (Å²) in [5.74, 6) is 0. The van der Waals surface area contributed by atoms with E-state index in [0.29, 0.717) is 6.04 Å². The molecule has 0 spiro atoms. The van der Waals surface area contributed by atoms with Gasteiger partial charge in [-0.25, -0.2) is 9.13 Å². The zero-order valence-corrected chi connectivity index (χ0v) is 18.0. The fourth-order valence-electron chi connectivity index (χ4n) is 2.81. The first-order valence-corrected chi connectivity index (χ1v) is 14.8. The minimum atomic E-state index is -3.48. The zero-order valence-electron chi connectivity index (χ0n) is 16.0. The molecule has 0 aromatic carbocycles. The van der Waals surface area contributed by atoms with E-state index in [9.17, 15) is 9.59 Å². The van der Waals surface area contributed by atoms with Crippen molar-refractivity contribution in [3.05, 3.63) is 18.7 Å². The standard InChI is InChI=1S/C17H37N2O3Si2/c1-5-6-7-8-9-10-12-18-14-15-19(17-18)13-11-16-24(20,21)22-23(2,3)4/h14-15,17,20-21H,5-13,16H2,1-4H3/q+1. The second kappa shape index (κ2) is 10.5. The smallest absolute Gasteiger partial charge is 0.416 e. The third kappa shape index (κ3) is 10.4. The highest BCUT2D eigenvalue weighted by molar-refractivity contribution is 6.79. The molecule has 0 aliphatic carbocycles. The maximum Gasteiger partial charge on any atom is 0.485 e. The highest BCUT2D eigenvalue weighted by Crippen LogP contribution is 2.14. The Labute approximate surface area is 149 Å². The van der Waals surface area contributed by atoms with E-state index in [-0.39, 0.29) is 0 Å². The summed E-state index contributed by atoms with van der Waals surface area (Å²) in [5.41, 5.74) is 0. The summed E-state index contributed by atoms with van der Waals surface area (Å²) >= 11 is 0. The van der Waals surface area contributed by atoms with Crippen LogP contribution < -0.4 is 4.57 Å². The summed E-state index contributed by atoms with van der Waals surface area (Å²) in [7, 11) is -5.38. The van der Waals surface area contributed by atoms with E-state index in [1.807, 2.05) is 19.6 Å². The number of hydrogen-bond donors (Lipinski definition) is 2. The number of unbranched alkanes of at least 4 members (excludes halogenated alkanes) is 5. The first-order chi connectivity index (χ1) is 11.2. The molecule has 0 saturated carbocycles. The van der Waals surface area contributed by atoms with Gasteiger partial charge in [-0.1, -0.05) is 32.6 Å². The van der Waals surface area contributed by atoms with Gasteiger partial charge in [0.15, 0.2) is 8.32 Å². The van der Waals surface area contributed by atoms with Crippen LogP contribution in [-0.2, 0) is 17.2 Å². The molecule has 1 aromatic rings. The molecule has 5 nitrogen and oxygen atoms in total. The van der Waals surface area contributed by atoms with Crippen molar-refractivity contribution in [3.63, 3.8) is 0 Å². The van der Waals surface area contributed by atoms with Crippen molar-refractivity contribution in [1.29, 1.82) is 0 Å². The molecule has 1 rings (SSSR count). The summed E-state index contributed by atoms with van der Waals surface area (Å²) in [4.78, 5) is 20.1. The summed E-state index contributed by atoms with van der Waals surface area (Å²) in [5, 5.41) is 0. The fraction of sp³-hybridized carbons (Fsp3) is 0.824. The van der Waals surface area contributed by atoms with Crippen LogP contribution in [-0.4, -0.2) is 31.3 Å². The van der Waals surface area contributed by atoms with Gasteiger partial charge in [-0.05, 0) is 38.9 Å². The van der Waals surface area contributed by atoms with Crippen LogP contribution in [0.25, 0.3) is 0 Å². The van der Waals surface area contributed by atoms with E-state index in [1.54, 1.807) is 0 Å². The lowest BCUT2D eigenvalue weighted by Crippen LogP contribution is -2.48. The summed E-state index contributed by atoms with van der Waals surface area (Å²) in [6, 6.07) is 0.368. The topological polar surface area (TPSA) is 58.5 Å². The van der Waals surface area contributed by atoms with E-state index in [0.717, 1.165) is 19.5 Å². The Kier molecular flexibility index (Phi) is 9.44. The average Bonchev–Trinajstić information content (AvgIpc) is 2.87. The van der Waals surface area contributed by atoms with E-state index < -0.39 is 17.1 Å². The molecule has 0 radical (unpaired) electrons. The highest BCUT2D eigenvalue weighted by Gasteiger charge is 2.37. The van der Waals surface area contributed by atoms with Gasteiger partial charge in [-0.3, -0.25) is 0 Å². The molecule has 1 aromatic heterocycles. The molecule has 0 atom stereocenters. The van der Waals surface area contributed by atoms with Crippen molar-refractivity contribution in [3.8, 4) is 0 Å². The maximum atomic E-state index is 10.0. The highest BCUT2D eigenvalue weighted by atomic mass is 28.5. The Hall–Kier alpha value is -0.476. The zero-order chi connectivity index (χ0) is 18.1. The summed E-state index contributed by atoms with van der Waals surface area (Å²) in [6.07, 6.45) is 14.9. The van der Waals surface area contributed by atoms with Gasteiger partial charge in [0, 0.05) is 6.04 Å². The Morgan fingerprint density at radius 2 is 1.67 bits per heavy atom. The van der Waals surface area contributed by atoms with E-state index in [2.05, 4.69) is 34.8 Å². The largest absolute Gasteiger partial charge is 0.485 e. The van der Waals surface area contributed by atoms with Crippen molar-refractivity contribution in [2.45, 2.75) is 90.6 Å². The number of aryl methyl sites for hydroxylation is 2. The van der Waals surface area contributed by atoms with Gasteiger partial charge in [0.2, 0.25) is 6.33 Å². The molecule has 24 heavy (non-hydrogen) atoms. The molecule has 140 valence electrons. The predicted octanol–water partition coefficient (Wildman–Crippen LogP) is 3.30. The van der Waals surface area contributed by atoms with Crippen molar-refractivity contribution in [2.75, 3.05) is 0 Å². The normalized spacial score (nSPS) is 12.8. The predicted molar refractivity (Wildman–Crippen MR) is 102 cm³/mol. The Morgan fingerprint density at radius 1 is 1.00 bits per heavy atom. The SMILES string of the molecule is CCCCCCCCn1cc[n+](CCC[Si](O)(O)O[Si](C)(C)C)c1. The fourth-order valence-corrected chi connectivity index (χ4v) is 7.76. The number of nitrogens with zero attached hydrogens (tertiary/aromatic N) is 2. The van der Waals surface area contributed by atoms with Crippen LogP contribution in [0.5, 0.6) is 0 Å². The molecule has 0 unspecified atom stereocenters. The minimum absolute atomic E-state index is 0.368. The average molecular weight is 374 g/mol. The lowest BCUT2D eigenvalue weighted by molar-refractivity contribution is -0.696. The van der Waals surface area contributed by atoms with E-state index in [1.165, 1.54) is 38.5 Å². The number of rotatable bonds is 13. The van der Waals surface area contributed by atoms with Crippen molar-refractivity contribution >= 4 is 17.1 Å². The van der Waals surface area contributed by atoms with Gasteiger partial charge >= 0.3 is 8.80 Å². The monoisotopic (exact) mass is 373 g/mol. The molecule has 0 fully saturated rings. The quantitative estimate of drug-likeness (QED) is 0.317. The van der Waals surface area contributed by atoms with Gasteiger partial charge in [0.05, 0.1) is 13.1 Å². The lowest BCUT2D eigenvalue weighted by atomic mass is 10.1. The molecule has 2 N–H and O–H groups in total. The van der Waals surface area contributed by atoms with E-state index in [4.69, 9.17) is 4.12 Å². The van der Waals surface area contributed by atoms with Crippen LogP contribution in [0.15, 0.2) is 18.7 Å². The van der Waals surface area contributed by atoms with Crippen LogP contribution in [0, 0.1) is 0 Å². The second-order valence-corrected chi connectivity index (χ2v) is 14.7. The molecule has 1 heterocycles. The number of hydrogen-bond acceptors (Lipinski definition) is 3. The summed E-state index contributed by atoms with van der Waals surface area (Å²) < 4.78 is 9.88. The van der Waals surface area contributed by atoms with Crippen molar-refractivity contribution in [1.82, 2.24) is 4.57 Å². The third-order valence-corrected chi connectivity index (χ3v) is 8.67. The molecule has 0 aliphatic rings. The molecule has 0 aliphatic heterocycles. The number of imidazole rings is 1. The van der Waals surface area contributed by atoms with Crippen LogP contribution in [0.1, 0.15) is 51.9 Å². The molecule has 0 saturated heterocycles. The Bertz CT molecular complexity index is 459. The van der Waals surface area contributed by atoms with Gasteiger partial charge in [-0.15, -0.1) is 0 Å². The van der Waals surface area contributed by atoms with Gasteiger partial charge in [-0.2, -0.15) is 0 Å². The third-order valence-electron chi connectivity index (χ3n) is 3.90. The van der Waals surface area contributed by atoms with Crippen LogP contribution in [0.2, 0.25) is 25.7 Å². The Morgan fingerprint density at radius 3 is 2.33 bits per heavy atom. The molecule has 7 heteroatoms. The minimum Gasteiger partial charge on any atom is -0.416 e. The van der Waals surface area contributed by atoms with Gasteiger partial charge in [0.25, 0.3) is 0 Å². The van der Waals surface area contributed by atoms with E-state index >= 15 is 0 Å². The molecule has 0 amide bonds. The summed E-state index contributed by atoms with van der Waals surface area (Å²) in [6.45, 7) is 10.1. The van der Waals surface area contributed by atoms with Crippen molar-refractivity contribution in [2.24, 2.45) is 0 Å². The van der Waals surface area contributed by atoms with Crippen LogP contribution in [0.4, 0.5) is 0 Å².